The third-order valence-electron chi connectivity index (χ3n) is 3.59. The predicted molar refractivity (Wildman–Crippen MR) is 86.9 cm³/mol. The fourth-order valence-electron chi connectivity index (χ4n) is 2.49. The number of rotatable bonds is 5. The van der Waals surface area contributed by atoms with Crippen LogP contribution in [0, 0.1) is 12.3 Å². The lowest BCUT2D eigenvalue weighted by Crippen LogP contribution is -2.47. The van der Waals surface area contributed by atoms with Gasteiger partial charge < -0.3 is 9.64 Å². The Hall–Kier alpha value is -2.06. The van der Waals surface area contributed by atoms with Crippen LogP contribution in [0.15, 0.2) is 18.3 Å². The minimum Gasteiger partial charge on any atom is -0.459 e. The third-order valence-corrected chi connectivity index (χ3v) is 3.59. The van der Waals surface area contributed by atoms with Crippen LogP contribution in [0.3, 0.4) is 0 Å². The van der Waals surface area contributed by atoms with E-state index in [2.05, 4.69) is 20.7 Å². The van der Waals surface area contributed by atoms with Crippen molar-refractivity contribution < 1.29 is 9.53 Å². The quantitative estimate of drug-likeness (QED) is 0.613. The number of piperazine rings is 1. The van der Waals surface area contributed by atoms with Crippen molar-refractivity contribution in [1.29, 1.82) is 0 Å². The SMILES string of the molecule is C#CCCN1CCN(c2ncccc2C(=O)OC(C)C)CC1. The number of aromatic nitrogens is 1. The van der Waals surface area contributed by atoms with E-state index < -0.39 is 0 Å². The summed E-state index contributed by atoms with van der Waals surface area (Å²) in [5.74, 6) is 3.07. The minimum atomic E-state index is -0.312. The van der Waals surface area contributed by atoms with Gasteiger partial charge in [0.05, 0.1) is 6.10 Å². The molecule has 0 aliphatic carbocycles. The van der Waals surface area contributed by atoms with Crippen molar-refractivity contribution in [3.05, 3.63) is 23.9 Å². The van der Waals surface area contributed by atoms with Crippen LogP contribution in [-0.2, 0) is 4.74 Å². The Morgan fingerprint density at radius 2 is 2.14 bits per heavy atom. The van der Waals surface area contributed by atoms with E-state index in [4.69, 9.17) is 11.2 Å². The number of anilines is 1. The lowest BCUT2D eigenvalue weighted by molar-refractivity contribution is 0.0378. The van der Waals surface area contributed by atoms with E-state index in [-0.39, 0.29) is 12.1 Å². The molecule has 0 bridgehead atoms. The molecule has 1 aromatic rings. The average Bonchev–Trinajstić information content (AvgIpc) is 2.53. The van der Waals surface area contributed by atoms with E-state index in [9.17, 15) is 4.79 Å². The lowest BCUT2D eigenvalue weighted by Gasteiger charge is -2.35. The molecule has 1 fully saturated rings. The Morgan fingerprint density at radius 3 is 2.77 bits per heavy atom. The smallest absolute Gasteiger partial charge is 0.342 e. The first kappa shape index (κ1) is 16.3. The van der Waals surface area contributed by atoms with Crippen molar-refractivity contribution in [1.82, 2.24) is 9.88 Å². The monoisotopic (exact) mass is 301 g/mol. The molecule has 0 amide bonds. The summed E-state index contributed by atoms with van der Waals surface area (Å²) in [4.78, 5) is 21.1. The summed E-state index contributed by atoms with van der Waals surface area (Å²) in [5.41, 5.74) is 0.535. The van der Waals surface area contributed by atoms with Gasteiger partial charge >= 0.3 is 5.97 Å². The van der Waals surface area contributed by atoms with Gasteiger partial charge in [0.15, 0.2) is 0 Å². The molecule has 1 aliphatic heterocycles. The van der Waals surface area contributed by atoms with E-state index >= 15 is 0 Å². The van der Waals surface area contributed by atoms with Crippen LogP contribution in [0.1, 0.15) is 30.6 Å². The number of pyridine rings is 1. The molecular weight excluding hydrogens is 278 g/mol. The van der Waals surface area contributed by atoms with Crippen LogP contribution in [0.4, 0.5) is 5.82 Å². The van der Waals surface area contributed by atoms with Crippen LogP contribution >= 0.6 is 0 Å². The number of carbonyl (C=O) groups excluding carboxylic acids is 1. The van der Waals surface area contributed by atoms with Crippen LogP contribution in [-0.4, -0.2) is 54.7 Å². The van der Waals surface area contributed by atoms with Crippen molar-refractivity contribution in [3.63, 3.8) is 0 Å². The van der Waals surface area contributed by atoms with Gasteiger partial charge in [-0.2, -0.15) is 0 Å². The van der Waals surface area contributed by atoms with Crippen molar-refractivity contribution in [3.8, 4) is 12.3 Å². The van der Waals surface area contributed by atoms with E-state index in [1.807, 2.05) is 13.8 Å². The molecule has 1 aromatic heterocycles. The van der Waals surface area contributed by atoms with Gasteiger partial charge in [0, 0.05) is 45.3 Å². The Balaban J connectivity index is 2.04. The standard InChI is InChI=1S/C17H23N3O2/c1-4-5-9-19-10-12-20(13-11-19)16-15(7-6-8-18-16)17(21)22-14(2)3/h1,6-8,14H,5,9-13H2,2-3H3. The fourth-order valence-corrected chi connectivity index (χ4v) is 2.49. The summed E-state index contributed by atoms with van der Waals surface area (Å²) < 4.78 is 5.30. The predicted octanol–water partition coefficient (Wildman–Crippen LogP) is 1.79. The first-order valence-electron chi connectivity index (χ1n) is 7.68. The van der Waals surface area contributed by atoms with Crippen molar-refractivity contribution in [2.24, 2.45) is 0 Å². The molecule has 0 atom stereocenters. The van der Waals surface area contributed by atoms with Crippen molar-refractivity contribution in [2.45, 2.75) is 26.4 Å². The first-order chi connectivity index (χ1) is 10.6. The van der Waals surface area contributed by atoms with Gasteiger partial charge in [0.2, 0.25) is 0 Å². The molecule has 0 unspecified atom stereocenters. The molecule has 1 saturated heterocycles. The zero-order chi connectivity index (χ0) is 15.9. The van der Waals surface area contributed by atoms with E-state index in [1.54, 1.807) is 18.3 Å². The Morgan fingerprint density at radius 1 is 1.41 bits per heavy atom. The molecule has 0 radical (unpaired) electrons. The molecule has 2 heterocycles. The van der Waals surface area contributed by atoms with E-state index in [0.717, 1.165) is 39.1 Å². The Bertz CT molecular complexity index is 543. The second kappa shape index (κ2) is 7.81. The number of hydrogen-bond donors (Lipinski definition) is 0. The molecule has 5 nitrogen and oxygen atoms in total. The molecular formula is C17H23N3O2. The molecule has 0 aromatic carbocycles. The molecule has 118 valence electrons. The molecule has 22 heavy (non-hydrogen) atoms. The zero-order valence-electron chi connectivity index (χ0n) is 13.3. The first-order valence-corrected chi connectivity index (χ1v) is 7.68. The molecule has 0 spiro atoms. The van der Waals surface area contributed by atoms with Crippen LogP contribution in [0.5, 0.6) is 0 Å². The molecule has 1 aliphatic rings. The number of esters is 1. The molecule has 0 N–H and O–H groups in total. The molecule has 5 heteroatoms. The highest BCUT2D eigenvalue weighted by atomic mass is 16.5. The highest BCUT2D eigenvalue weighted by Crippen LogP contribution is 2.20. The second-order valence-electron chi connectivity index (χ2n) is 5.61. The van der Waals surface area contributed by atoms with E-state index in [0.29, 0.717) is 11.4 Å². The largest absolute Gasteiger partial charge is 0.459 e. The zero-order valence-corrected chi connectivity index (χ0v) is 13.3. The normalized spacial score (nSPS) is 15.6. The van der Waals surface area contributed by atoms with E-state index in [1.165, 1.54) is 0 Å². The minimum absolute atomic E-state index is 0.138. The summed E-state index contributed by atoms with van der Waals surface area (Å²) >= 11 is 0. The summed E-state index contributed by atoms with van der Waals surface area (Å²) in [5, 5.41) is 0. The number of ether oxygens (including phenoxy) is 1. The van der Waals surface area contributed by atoms with Gasteiger partial charge in [-0.1, -0.05) is 0 Å². The maximum absolute atomic E-state index is 12.2. The Kier molecular flexibility index (Phi) is 5.79. The molecule has 2 rings (SSSR count). The van der Waals surface area contributed by atoms with Crippen LogP contribution in [0.25, 0.3) is 0 Å². The summed E-state index contributed by atoms with van der Waals surface area (Å²) in [6, 6.07) is 3.54. The summed E-state index contributed by atoms with van der Waals surface area (Å²) in [7, 11) is 0. The Labute approximate surface area is 132 Å². The van der Waals surface area contributed by atoms with Crippen LogP contribution < -0.4 is 4.90 Å². The van der Waals surface area contributed by atoms with Gasteiger partial charge in [-0.15, -0.1) is 12.3 Å². The summed E-state index contributed by atoms with van der Waals surface area (Å²) in [6.45, 7) is 8.14. The molecule has 0 saturated carbocycles. The number of carbonyl (C=O) groups is 1. The highest BCUT2D eigenvalue weighted by Gasteiger charge is 2.23. The number of nitrogens with zero attached hydrogens (tertiary/aromatic N) is 3. The third kappa shape index (κ3) is 4.22. The number of terminal acetylenes is 1. The maximum Gasteiger partial charge on any atom is 0.342 e. The van der Waals surface area contributed by atoms with Gasteiger partial charge in [0.25, 0.3) is 0 Å². The van der Waals surface area contributed by atoms with Crippen LogP contribution in [0.2, 0.25) is 0 Å². The summed E-state index contributed by atoms with van der Waals surface area (Å²) in [6.07, 6.45) is 7.66. The highest BCUT2D eigenvalue weighted by molar-refractivity contribution is 5.94. The van der Waals surface area contributed by atoms with Gasteiger partial charge in [0.1, 0.15) is 11.4 Å². The topological polar surface area (TPSA) is 45.7 Å². The average molecular weight is 301 g/mol. The lowest BCUT2D eigenvalue weighted by atomic mass is 10.2. The maximum atomic E-state index is 12.2. The second-order valence-corrected chi connectivity index (χ2v) is 5.61. The number of hydrogen-bond acceptors (Lipinski definition) is 5. The van der Waals surface area contributed by atoms with Gasteiger partial charge in [-0.3, -0.25) is 4.90 Å². The van der Waals surface area contributed by atoms with Gasteiger partial charge in [-0.05, 0) is 26.0 Å². The van der Waals surface area contributed by atoms with Crippen molar-refractivity contribution >= 4 is 11.8 Å². The van der Waals surface area contributed by atoms with Crippen molar-refractivity contribution in [2.75, 3.05) is 37.6 Å². The van der Waals surface area contributed by atoms with Gasteiger partial charge in [-0.25, -0.2) is 9.78 Å². The fraction of sp³-hybridized carbons (Fsp3) is 0.529.